The number of rotatable bonds is 5. The van der Waals surface area contributed by atoms with Gasteiger partial charge in [-0.15, -0.1) is 0 Å². The fourth-order valence-electron chi connectivity index (χ4n) is 0.657. The van der Waals surface area contributed by atoms with Crippen LogP contribution in [0.2, 0.25) is 0 Å². The lowest BCUT2D eigenvalue weighted by molar-refractivity contribution is -0.860. The first kappa shape index (κ1) is 13.3. The average Bonchev–Trinajstić information content (AvgIpc) is 1.92. The quantitative estimate of drug-likeness (QED) is 0.350. The molecule has 0 rings (SSSR count). The summed E-state index contributed by atoms with van der Waals surface area (Å²) in [6.07, 6.45) is 3.71. The lowest BCUT2D eigenvalue weighted by Crippen LogP contribution is -2.36. The Balaban J connectivity index is 3.73. The van der Waals surface area contributed by atoms with Crippen LogP contribution in [0.15, 0.2) is 10.2 Å². The van der Waals surface area contributed by atoms with Gasteiger partial charge < -0.3 is 8.97 Å². The molecule has 0 spiro atoms. The maximum atomic E-state index is 3.98. The SMILES string of the molecule is C[N+](C)(C)C/C=N\N=C\C[N+](C)(C)C. The maximum absolute atomic E-state index is 3.98. The summed E-state index contributed by atoms with van der Waals surface area (Å²) in [4.78, 5) is 0. The Morgan fingerprint density at radius 2 is 1.00 bits per heavy atom. The van der Waals surface area contributed by atoms with Crippen molar-refractivity contribution in [1.29, 1.82) is 0 Å². The highest BCUT2D eigenvalue weighted by Crippen LogP contribution is 1.87. The van der Waals surface area contributed by atoms with E-state index in [4.69, 9.17) is 0 Å². The second-order valence-corrected chi connectivity index (χ2v) is 5.54. The smallest absolute Gasteiger partial charge is 0.116 e. The van der Waals surface area contributed by atoms with E-state index in [1.165, 1.54) is 0 Å². The highest BCUT2D eigenvalue weighted by molar-refractivity contribution is 5.62. The zero-order valence-electron chi connectivity index (χ0n) is 10.4. The minimum Gasteiger partial charge on any atom is -0.326 e. The summed E-state index contributed by atoms with van der Waals surface area (Å²) in [5.74, 6) is 0. The van der Waals surface area contributed by atoms with Gasteiger partial charge in [0.15, 0.2) is 0 Å². The molecule has 0 fully saturated rings. The minimum atomic E-state index is 0.883. The maximum Gasteiger partial charge on any atom is 0.116 e. The molecule has 0 heterocycles. The average molecular weight is 200 g/mol. The molecule has 0 unspecified atom stereocenters. The Bertz CT molecular complexity index is 181. The molecule has 0 amide bonds. The molecule has 82 valence electrons. The summed E-state index contributed by atoms with van der Waals surface area (Å²) >= 11 is 0. The lowest BCUT2D eigenvalue weighted by Gasteiger charge is -2.21. The highest BCUT2D eigenvalue weighted by Gasteiger charge is 2.03. The summed E-state index contributed by atoms with van der Waals surface area (Å²) in [6, 6.07) is 0. The molecule has 0 aliphatic carbocycles. The van der Waals surface area contributed by atoms with E-state index >= 15 is 0 Å². The molecule has 0 aromatic rings. The number of hydrogen-bond acceptors (Lipinski definition) is 2. The van der Waals surface area contributed by atoms with Crippen molar-refractivity contribution in [3.8, 4) is 0 Å². The molecule has 4 heteroatoms. The summed E-state index contributed by atoms with van der Waals surface area (Å²) in [5.41, 5.74) is 0. The summed E-state index contributed by atoms with van der Waals surface area (Å²) < 4.78 is 1.77. The Morgan fingerprint density at radius 3 is 1.21 bits per heavy atom. The van der Waals surface area contributed by atoms with E-state index in [1.807, 2.05) is 12.4 Å². The van der Waals surface area contributed by atoms with Crippen molar-refractivity contribution >= 4 is 12.4 Å². The zero-order valence-corrected chi connectivity index (χ0v) is 10.4. The van der Waals surface area contributed by atoms with E-state index < -0.39 is 0 Å². The van der Waals surface area contributed by atoms with Crippen LogP contribution in [0.5, 0.6) is 0 Å². The number of hydrogen-bond donors (Lipinski definition) is 0. The van der Waals surface area contributed by atoms with Crippen LogP contribution in [0.1, 0.15) is 0 Å². The second kappa shape index (κ2) is 5.22. The van der Waals surface area contributed by atoms with Gasteiger partial charge in [-0.05, 0) is 0 Å². The Hall–Kier alpha value is -0.740. The number of quaternary nitrogens is 2. The summed E-state index contributed by atoms with van der Waals surface area (Å²) in [5, 5.41) is 7.96. The molecule has 0 aliphatic rings. The van der Waals surface area contributed by atoms with E-state index in [2.05, 4.69) is 52.5 Å². The van der Waals surface area contributed by atoms with Crippen LogP contribution in [0.4, 0.5) is 0 Å². The highest BCUT2D eigenvalue weighted by atomic mass is 15.3. The van der Waals surface area contributed by atoms with Crippen molar-refractivity contribution in [2.75, 3.05) is 55.4 Å². The van der Waals surface area contributed by atoms with Crippen LogP contribution in [-0.4, -0.2) is 76.8 Å². The first-order valence-corrected chi connectivity index (χ1v) is 4.85. The van der Waals surface area contributed by atoms with E-state index in [-0.39, 0.29) is 0 Å². The Morgan fingerprint density at radius 1 is 0.714 bits per heavy atom. The molecule has 0 radical (unpaired) electrons. The van der Waals surface area contributed by atoms with Gasteiger partial charge in [0.1, 0.15) is 13.1 Å². The van der Waals surface area contributed by atoms with E-state index in [0.717, 1.165) is 22.1 Å². The first-order valence-electron chi connectivity index (χ1n) is 4.85. The molecule has 0 atom stereocenters. The van der Waals surface area contributed by atoms with Crippen molar-refractivity contribution in [2.24, 2.45) is 10.2 Å². The summed E-state index contributed by atoms with van der Waals surface area (Å²) in [6.45, 7) is 1.81. The minimum absolute atomic E-state index is 0.883. The van der Waals surface area contributed by atoms with Gasteiger partial charge in [0, 0.05) is 0 Å². The zero-order chi connectivity index (χ0) is 11.2. The number of nitrogens with zero attached hydrogens (tertiary/aromatic N) is 4. The van der Waals surface area contributed by atoms with Gasteiger partial charge in [-0.25, -0.2) is 0 Å². The molecule has 0 aromatic carbocycles. The lowest BCUT2D eigenvalue weighted by atomic mass is 10.5. The van der Waals surface area contributed by atoms with Crippen LogP contribution in [0, 0.1) is 0 Å². The largest absolute Gasteiger partial charge is 0.326 e. The van der Waals surface area contributed by atoms with Gasteiger partial charge in [0.25, 0.3) is 0 Å². The van der Waals surface area contributed by atoms with Gasteiger partial charge in [-0.2, -0.15) is 10.2 Å². The predicted octanol–water partition coefficient (Wildman–Crippen LogP) is 0.455. The molecule has 14 heavy (non-hydrogen) atoms. The molecule has 0 saturated heterocycles. The third-order valence-corrected chi connectivity index (χ3v) is 1.49. The van der Waals surface area contributed by atoms with Crippen molar-refractivity contribution in [2.45, 2.75) is 0 Å². The van der Waals surface area contributed by atoms with E-state index in [0.29, 0.717) is 0 Å². The fraction of sp³-hybridized carbons (Fsp3) is 0.800. The van der Waals surface area contributed by atoms with Crippen LogP contribution >= 0.6 is 0 Å². The van der Waals surface area contributed by atoms with E-state index in [9.17, 15) is 0 Å². The first-order chi connectivity index (χ1) is 6.21. The molecule has 0 aliphatic heterocycles. The predicted molar refractivity (Wildman–Crippen MR) is 62.8 cm³/mol. The molecular formula is C10H24N4+2. The summed E-state index contributed by atoms with van der Waals surface area (Å²) in [7, 11) is 12.8. The molecule has 4 nitrogen and oxygen atoms in total. The van der Waals surface area contributed by atoms with Crippen molar-refractivity contribution in [3.63, 3.8) is 0 Å². The Kier molecular flexibility index (Phi) is 4.94. The second-order valence-electron chi connectivity index (χ2n) is 5.54. The molecule has 0 N–H and O–H groups in total. The van der Waals surface area contributed by atoms with Crippen LogP contribution < -0.4 is 0 Å². The Labute approximate surface area is 87.7 Å². The normalized spacial score (nSPS) is 14.4. The fourth-order valence-corrected chi connectivity index (χ4v) is 0.657. The monoisotopic (exact) mass is 200 g/mol. The van der Waals surface area contributed by atoms with Crippen LogP contribution in [-0.2, 0) is 0 Å². The van der Waals surface area contributed by atoms with Gasteiger partial charge in [-0.1, -0.05) is 0 Å². The molecule has 0 saturated carbocycles. The van der Waals surface area contributed by atoms with E-state index in [1.54, 1.807) is 0 Å². The van der Waals surface area contributed by atoms with Gasteiger partial charge >= 0.3 is 0 Å². The third-order valence-electron chi connectivity index (χ3n) is 1.49. The van der Waals surface area contributed by atoms with Crippen LogP contribution in [0.25, 0.3) is 0 Å². The molecular weight excluding hydrogens is 176 g/mol. The topological polar surface area (TPSA) is 24.7 Å². The van der Waals surface area contributed by atoms with Crippen molar-refractivity contribution in [1.82, 2.24) is 0 Å². The van der Waals surface area contributed by atoms with Crippen molar-refractivity contribution < 1.29 is 8.97 Å². The third kappa shape index (κ3) is 11.3. The molecule has 0 aromatic heterocycles. The van der Waals surface area contributed by atoms with Crippen LogP contribution in [0.3, 0.4) is 0 Å². The van der Waals surface area contributed by atoms with Gasteiger partial charge in [0.05, 0.1) is 54.7 Å². The van der Waals surface area contributed by atoms with Crippen molar-refractivity contribution in [3.05, 3.63) is 0 Å². The van der Waals surface area contributed by atoms with Gasteiger partial charge in [-0.3, -0.25) is 0 Å². The molecule has 0 bridgehead atoms. The standard InChI is InChI=1S/C10H24N4/c1-13(2,3)9-7-11-12-8-10-14(4,5)6/h7-8H,9-10H2,1-6H3/q+2/b11-7-,12-8+. The van der Waals surface area contributed by atoms with Gasteiger partial charge in [0.2, 0.25) is 0 Å².